The minimum absolute atomic E-state index is 0.0558. The van der Waals surface area contributed by atoms with Crippen molar-refractivity contribution in [2.45, 2.75) is 19.8 Å². The number of nitrogens with one attached hydrogen (secondary N) is 2. The van der Waals surface area contributed by atoms with Gasteiger partial charge in [0.05, 0.1) is 11.9 Å². The third-order valence-electron chi connectivity index (χ3n) is 3.87. The van der Waals surface area contributed by atoms with Crippen molar-refractivity contribution in [2.75, 3.05) is 30.3 Å². The van der Waals surface area contributed by atoms with Crippen LogP contribution in [0.4, 0.5) is 15.7 Å². The van der Waals surface area contributed by atoms with Gasteiger partial charge in [0, 0.05) is 37.4 Å². The molecular formula is C15H20N6OS. The summed E-state index contributed by atoms with van der Waals surface area (Å²) in [4.78, 5) is 26.6. The zero-order chi connectivity index (χ0) is 16.1. The van der Waals surface area contributed by atoms with Crippen molar-refractivity contribution in [3.63, 3.8) is 0 Å². The van der Waals surface area contributed by atoms with Gasteiger partial charge in [0.15, 0.2) is 5.13 Å². The summed E-state index contributed by atoms with van der Waals surface area (Å²) in [5.74, 6) is 1.34. The largest absolute Gasteiger partial charge is 0.369 e. The Morgan fingerprint density at radius 3 is 2.87 bits per heavy atom. The number of aryl methyl sites for hydroxylation is 1. The van der Waals surface area contributed by atoms with Crippen LogP contribution in [-0.2, 0) is 0 Å². The fourth-order valence-corrected chi connectivity index (χ4v) is 3.24. The molecule has 0 saturated carbocycles. The maximum absolute atomic E-state index is 12.2. The normalized spacial score (nSPS) is 15.4. The summed E-state index contributed by atoms with van der Waals surface area (Å²) in [7, 11) is 0. The van der Waals surface area contributed by atoms with Gasteiger partial charge in [0.2, 0.25) is 0 Å². The minimum Gasteiger partial charge on any atom is -0.369 e. The molecule has 7 nitrogen and oxygen atoms in total. The molecule has 23 heavy (non-hydrogen) atoms. The molecule has 0 unspecified atom stereocenters. The number of amides is 2. The average molecular weight is 332 g/mol. The molecule has 0 spiro atoms. The van der Waals surface area contributed by atoms with Crippen LogP contribution < -0.4 is 10.6 Å². The highest BCUT2D eigenvalue weighted by molar-refractivity contribution is 7.13. The molecule has 2 amide bonds. The monoisotopic (exact) mass is 332 g/mol. The molecule has 0 atom stereocenters. The number of likely N-dealkylation sites (tertiary alicyclic amines) is 1. The Labute approximate surface area is 139 Å². The van der Waals surface area contributed by atoms with Crippen LogP contribution in [0.5, 0.6) is 0 Å². The summed E-state index contributed by atoms with van der Waals surface area (Å²) in [5.41, 5.74) is 0.930. The van der Waals surface area contributed by atoms with Crippen molar-refractivity contribution >= 4 is 28.3 Å². The number of hydrogen-bond acceptors (Lipinski definition) is 6. The van der Waals surface area contributed by atoms with Crippen LogP contribution in [0, 0.1) is 12.8 Å². The first-order valence-electron chi connectivity index (χ1n) is 7.68. The van der Waals surface area contributed by atoms with Gasteiger partial charge in [0.1, 0.15) is 5.82 Å². The predicted octanol–water partition coefficient (Wildman–Crippen LogP) is 2.60. The number of aromatic nitrogens is 3. The summed E-state index contributed by atoms with van der Waals surface area (Å²) < 4.78 is 0. The molecule has 0 aliphatic carbocycles. The smallest absolute Gasteiger partial charge is 0.323 e. The number of anilines is 2. The molecule has 1 saturated heterocycles. The first-order valence-corrected chi connectivity index (χ1v) is 8.56. The lowest BCUT2D eigenvalue weighted by molar-refractivity contribution is 0.185. The van der Waals surface area contributed by atoms with E-state index in [2.05, 4.69) is 25.6 Å². The summed E-state index contributed by atoms with van der Waals surface area (Å²) in [6.45, 7) is 4.31. The lowest BCUT2D eigenvalue weighted by Crippen LogP contribution is -2.42. The number of urea groups is 1. The van der Waals surface area contributed by atoms with Crippen molar-refractivity contribution < 1.29 is 4.79 Å². The molecule has 0 radical (unpaired) electrons. The van der Waals surface area contributed by atoms with Crippen molar-refractivity contribution in [3.05, 3.63) is 29.7 Å². The summed E-state index contributed by atoms with van der Waals surface area (Å²) in [5, 5.41) is 8.76. The minimum atomic E-state index is -0.0558. The topological polar surface area (TPSA) is 83.0 Å². The van der Waals surface area contributed by atoms with Gasteiger partial charge in [-0.2, -0.15) is 0 Å². The van der Waals surface area contributed by atoms with Crippen molar-refractivity contribution in [1.29, 1.82) is 0 Å². The summed E-state index contributed by atoms with van der Waals surface area (Å²) >= 11 is 1.46. The van der Waals surface area contributed by atoms with Crippen LogP contribution in [0.2, 0.25) is 0 Å². The van der Waals surface area contributed by atoms with Gasteiger partial charge in [-0.05, 0) is 25.7 Å². The number of carbonyl (C=O) groups is 1. The molecule has 2 aromatic rings. The number of rotatable bonds is 4. The quantitative estimate of drug-likeness (QED) is 0.899. The maximum Gasteiger partial charge on any atom is 0.323 e. The number of carbonyl (C=O) groups excluding carboxylic acids is 1. The van der Waals surface area contributed by atoms with Gasteiger partial charge in [-0.3, -0.25) is 10.3 Å². The van der Waals surface area contributed by atoms with Crippen LogP contribution in [0.1, 0.15) is 18.5 Å². The molecule has 3 rings (SSSR count). The van der Waals surface area contributed by atoms with Crippen molar-refractivity contribution in [2.24, 2.45) is 5.92 Å². The van der Waals surface area contributed by atoms with Crippen LogP contribution in [0.25, 0.3) is 0 Å². The molecular weight excluding hydrogens is 312 g/mol. The second-order valence-electron chi connectivity index (χ2n) is 5.63. The Morgan fingerprint density at radius 1 is 1.39 bits per heavy atom. The molecule has 0 bridgehead atoms. The van der Waals surface area contributed by atoms with Crippen LogP contribution in [0.15, 0.2) is 24.0 Å². The van der Waals surface area contributed by atoms with Gasteiger partial charge >= 0.3 is 6.03 Å². The Bertz CT molecular complexity index is 638. The summed E-state index contributed by atoms with van der Waals surface area (Å²) in [6.07, 6.45) is 7.02. The number of piperidine rings is 1. The van der Waals surface area contributed by atoms with E-state index >= 15 is 0 Å². The van der Waals surface area contributed by atoms with E-state index < -0.39 is 0 Å². The van der Waals surface area contributed by atoms with Crippen molar-refractivity contribution in [1.82, 2.24) is 19.9 Å². The molecule has 8 heteroatoms. The van der Waals surface area contributed by atoms with Gasteiger partial charge in [-0.15, -0.1) is 11.3 Å². The fraction of sp³-hybridized carbons (Fsp3) is 0.467. The first-order chi connectivity index (χ1) is 11.2. The van der Waals surface area contributed by atoms with E-state index in [-0.39, 0.29) is 6.03 Å². The van der Waals surface area contributed by atoms with Gasteiger partial charge in [-0.25, -0.2) is 14.8 Å². The SMILES string of the molecule is Cc1csc(NC(=O)N2CCC(CNc3cnccn3)CC2)n1. The van der Waals surface area contributed by atoms with E-state index in [1.807, 2.05) is 17.2 Å². The van der Waals surface area contributed by atoms with E-state index in [1.165, 1.54) is 11.3 Å². The molecule has 1 aliphatic rings. The highest BCUT2D eigenvalue weighted by Crippen LogP contribution is 2.20. The maximum atomic E-state index is 12.2. The van der Waals surface area contributed by atoms with Gasteiger partial charge < -0.3 is 10.2 Å². The Balaban J connectivity index is 1.42. The lowest BCUT2D eigenvalue weighted by Gasteiger charge is -2.31. The molecule has 3 heterocycles. The molecule has 1 aliphatic heterocycles. The highest BCUT2D eigenvalue weighted by Gasteiger charge is 2.23. The van der Waals surface area contributed by atoms with Gasteiger partial charge in [-0.1, -0.05) is 0 Å². The lowest BCUT2D eigenvalue weighted by atomic mass is 9.97. The zero-order valence-electron chi connectivity index (χ0n) is 13.0. The van der Waals surface area contributed by atoms with E-state index in [4.69, 9.17) is 0 Å². The van der Waals surface area contributed by atoms with E-state index in [0.29, 0.717) is 11.0 Å². The first kappa shape index (κ1) is 15.7. The Morgan fingerprint density at radius 2 is 2.22 bits per heavy atom. The molecule has 1 fully saturated rings. The van der Waals surface area contributed by atoms with Gasteiger partial charge in [0.25, 0.3) is 0 Å². The molecule has 2 aromatic heterocycles. The fourth-order valence-electron chi connectivity index (χ4n) is 2.56. The third-order valence-corrected chi connectivity index (χ3v) is 4.75. The molecule has 2 N–H and O–H groups in total. The third kappa shape index (κ3) is 4.38. The number of hydrogen-bond donors (Lipinski definition) is 2. The van der Waals surface area contributed by atoms with Crippen LogP contribution in [-0.4, -0.2) is 45.5 Å². The Hall–Kier alpha value is -2.22. The second-order valence-corrected chi connectivity index (χ2v) is 6.48. The van der Waals surface area contributed by atoms with E-state index in [0.717, 1.165) is 44.0 Å². The van der Waals surface area contributed by atoms with E-state index in [9.17, 15) is 4.79 Å². The van der Waals surface area contributed by atoms with E-state index in [1.54, 1.807) is 18.6 Å². The standard InChI is InChI=1S/C15H20N6OS/c1-11-10-23-14(19-11)20-15(22)21-6-2-12(3-7-21)8-18-13-9-16-4-5-17-13/h4-5,9-10,12H,2-3,6-8H2,1H3,(H,17,18)(H,19,20,22). The second kappa shape index (κ2) is 7.36. The zero-order valence-corrected chi connectivity index (χ0v) is 13.8. The average Bonchev–Trinajstić information content (AvgIpc) is 2.99. The summed E-state index contributed by atoms with van der Waals surface area (Å²) in [6, 6.07) is -0.0558. The van der Waals surface area contributed by atoms with Crippen LogP contribution in [0.3, 0.4) is 0 Å². The predicted molar refractivity (Wildman–Crippen MR) is 90.7 cm³/mol. The molecule has 0 aromatic carbocycles. The Kier molecular flexibility index (Phi) is 5.02. The number of nitrogens with zero attached hydrogens (tertiary/aromatic N) is 4. The van der Waals surface area contributed by atoms with Crippen LogP contribution >= 0.6 is 11.3 Å². The molecule has 122 valence electrons. The van der Waals surface area contributed by atoms with Crippen molar-refractivity contribution in [3.8, 4) is 0 Å². The number of thiazole rings is 1. The highest BCUT2D eigenvalue weighted by atomic mass is 32.1.